The number of hydrogen-bond acceptors (Lipinski definition) is 3. The Balaban J connectivity index is 1.95. The molecule has 3 nitrogen and oxygen atoms in total. The quantitative estimate of drug-likeness (QED) is 0.627. The first-order valence-corrected chi connectivity index (χ1v) is 5.24. The smallest absolute Gasteiger partial charge is 0.183 e. The van der Waals surface area contributed by atoms with E-state index in [0.29, 0.717) is 0 Å². The fraction of sp³-hybridized carbons (Fsp3) is 0.727. The molecule has 0 bridgehead atoms. The summed E-state index contributed by atoms with van der Waals surface area (Å²) < 4.78 is 11.3. The first-order chi connectivity index (χ1) is 6.81. The number of rotatable bonds is 2. The van der Waals surface area contributed by atoms with Gasteiger partial charge in [-0.05, 0) is 31.8 Å². The average molecular weight is 196 g/mol. The fourth-order valence-electron chi connectivity index (χ4n) is 2.17. The maximum Gasteiger partial charge on any atom is 0.183 e. The predicted molar refractivity (Wildman–Crippen MR) is 52.1 cm³/mol. The molecule has 14 heavy (non-hydrogen) atoms. The van der Waals surface area contributed by atoms with Crippen molar-refractivity contribution >= 4 is 5.78 Å². The molecule has 0 aromatic rings. The summed E-state index contributed by atoms with van der Waals surface area (Å²) >= 11 is 0. The molecule has 2 aliphatic rings. The van der Waals surface area contributed by atoms with Crippen LogP contribution in [0.25, 0.3) is 0 Å². The summed E-state index contributed by atoms with van der Waals surface area (Å²) in [5, 5.41) is 0. The SMILES string of the molecule is C=CC(=O)[C@@H]1CC[C@@H]2OCCC[C@H]2O1. The van der Waals surface area contributed by atoms with Gasteiger partial charge in [-0.15, -0.1) is 0 Å². The van der Waals surface area contributed by atoms with Gasteiger partial charge in [-0.1, -0.05) is 6.58 Å². The van der Waals surface area contributed by atoms with E-state index < -0.39 is 0 Å². The highest BCUT2D eigenvalue weighted by Crippen LogP contribution is 2.28. The van der Waals surface area contributed by atoms with Crippen LogP contribution in [0.2, 0.25) is 0 Å². The van der Waals surface area contributed by atoms with E-state index in [2.05, 4.69) is 6.58 Å². The molecule has 2 heterocycles. The predicted octanol–water partition coefficient (Wildman–Crippen LogP) is 1.47. The lowest BCUT2D eigenvalue weighted by atomic mass is 9.94. The molecule has 0 radical (unpaired) electrons. The third kappa shape index (κ3) is 1.88. The summed E-state index contributed by atoms with van der Waals surface area (Å²) in [5.41, 5.74) is 0. The van der Waals surface area contributed by atoms with Gasteiger partial charge in [0.2, 0.25) is 0 Å². The van der Waals surface area contributed by atoms with Crippen LogP contribution in [0.15, 0.2) is 12.7 Å². The van der Waals surface area contributed by atoms with E-state index in [1.807, 2.05) is 0 Å². The number of fused-ring (bicyclic) bond motifs is 1. The monoisotopic (exact) mass is 196 g/mol. The third-order valence-corrected chi connectivity index (χ3v) is 2.95. The second kappa shape index (κ2) is 4.24. The second-order valence-corrected chi connectivity index (χ2v) is 3.90. The van der Waals surface area contributed by atoms with Gasteiger partial charge in [0.05, 0.1) is 12.2 Å². The number of ether oxygens (including phenoxy) is 2. The molecule has 3 atom stereocenters. The molecule has 0 aromatic carbocycles. The average Bonchev–Trinajstić information content (AvgIpc) is 2.27. The Labute approximate surface area is 84.1 Å². The third-order valence-electron chi connectivity index (χ3n) is 2.95. The van der Waals surface area contributed by atoms with Crippen molar-refractivity contribution in [2.75, 3.05) is 6.61 Å². The zero-order valence-corrected chi connectivity index (χ0v) is 8.28. The maximum atomic E-state index is 11.4. The molecule has 78 valence electrons. The van der Waals surface area contributed by atoms with Crippen LogP contribution in [0.1, 0.15) is 25.7 Å². The van der Waals surface area contributed by atoms with Gasteiger partial charge in [0, 0.05) is 6.61 Å². The van der Waals surface area contributed by atoms with Crippen molar-refractivity contribution in [3.8, 4) is 0 Å². The van der Waals surface area contributed by atoms with Gasteiger partial charge in [-0.25, -0.2) is 0 Å². The van der Waals surface area contributed by atoms with Crippen LogP contribution in [0, 0.1) is 0 Å². The lowest BCUT2D eigenvalue weighted by Gasteiger charge is -2.38. The Hall–Kier alpha value is -0.670. The minimum absolute atomic E-state index is 0.00836. The zero-order chi connectivity index (χ0) is 9.97. The summed E-state index contributed by atoms with van der Waals surface area (Å²) in [6.45, 7) is 4.32. The van der Waals surface area contributed by atoms with E-state index in [-0.39, 0.29) is 24.1 Å². The van der Waals surface area contributed by atoms with Crippen LogP contribution in [0.3, 0.4) is 0 Å². The molecule has 0 amide bonds. The molecule has 2 rings (SSSR count). The van der Waals surface area contributed by atoms with Crippen LogP contribution < -0.4 is 0 Å². The van der Waals surface area contributed by atoms with Crippen molar-refractivity contribution in [2.24, 2.45) is 0 Å². The molecular formula is C11H16O3. The van der Waals surface area contributed by atoms with Gasteiger partial charge < -0.3 is 9.47 Å². The summed E-state index contributed by atoms with van der Waals surface area (Å²) in [6, 6.07) is 0. The fourth-order valence-corrected chi connectivity index (χ4v) is 2.17. The normalized spacial score (nSPS) is 37.3. The molecule has 0 unspecified atom stereocenters. The van der Waals surface area contributed by atoms with Gasteiger partial charge in [0.25, 0.3) is 0 Å². The van der Waals surface area contributed by atoms with Crippen LogP contribution in [-0.4, -0.2) is 30.7 Å². The first kappa shape index (κ1) is 9.87. The summed E-state index contributed by atoms with van der Waals surface area (Å²) in [5.74, 6) is 0.00836. The highest BCUT2D eigenvalue weighted by atomic mass is 16.6. The van der Waals surface area contributed by atoms with Crippen molar-refractivity contribution in [2.45, 2.75) is 44.0 Å². The Morgan fingerprint density at radius 2 is 2.14 bits per heavy atom. The van der Waals surface area contributed by atoms with Gasteiger partial charge >= 0.3 is 0 Å². The Kier molecular flexibility index (Phi) is 2.99. The highest BCUT2D eigenvalue weighted by Gasteiger charge is 2.35. The van der Waals surface area contributed by atoms with E-state index in [1.165, 1.54) is 6.08 Å². The minimum Gasteiger partial charge on any atom is -0.376 e. The van der Waals surface area contributed by atoms with Crippen LogP contribution in [0.5, 0.6) is 0 Å². The molecule has 0 spiro atoms. The van der Waals surface area contributed by atoms with Crippen LogP contribution in [-0.2, 0) is 14.3 Å². The van der Waals surface area contributed by atoms with Crippen LogP contribution in [0.4, 0.5) is 0 Å². The Morgan fingerprint density at radius 1 is 1.29 bits per heavy atom. The van der Waals surface area contributed by atoms with Gasteiger partial charge in [0.1, 0.15) is 6.10 Å². The van der Waals surface area contributed by atoms with Crippen molar-refractivity contribution in [1.82, 2.24) is 0 Å². The molecular weight excluding hydrogens is 180 g/mol. The zero-order valence-electron chi connectivity index (χ0n) is 8.28. The van der Waals surface area contributed by atoms with Crippen molar-refractivity contribution in [3.63, 3.8) is 0 Å². The molecule has 3 heteroatoms. The standard InChI is InChI=1S/C11H16O3/c1-2-8(12)9-5-6-10-11(14-9)4-3-7-13-10/h2,9-11H,1,3-7H2/t9-,10-,11+/m0/s1. The van der Waals surface area contributed by atoms with E-state index in [1.54, 1.807) is 0 Å². The number of carbonyl (C=O) groups is 1. The van der Waals surface area contributed by atoms with Crippen molar-refractivity contribution in [3.05, 3.63) is 12.7 Å². The molecule has 0 aromatic heterocycles. The number of hydrogen-bond donors (Lipinski definition) is 0. The second-order valence-electron chi connectivity index (χ2n) is 3.90. The Bertz CT molecular complexity index is 237. The van der Waals surface area contributed by atoms with E-state index in [0.717, 1.165) is 32.3 Å². The minimum atomic E-state index is -0.268. The number of carbonyl (C=O) groups excluding carboxylic acids is 1. The topological polar surface area (TPSA) is 35.5 Å². The highest BCUT2D eigenvalue weighted by molar-refractivity contribution is 5.93. The largest absolute Gasteiger partial charge is 0.376 e. The number of ketones is 1. The molecule has 2 fully saturated rings. The summed E-state index contributed by atoms with van der Waals surface area (Å²) in [6.07, 6.45) is 5.21. The van der Waals surface area contributed by atoms with Crippen LogP contribution >= 0.6 is 0 Å². The molecule has 2 aliphatic heterocycles. The van der Waals surface area contributed by atoms with Gasteiger partial charge in [-0.3, -0.25) is 4.79 Å². The maximum absolute atomic E-state index is 11.4. The Morgan fingerprint density at radius 3 is 2.93 bits per heavy atom. The van der Waals surface area contributed by atoms with Gasteiger partial charge in [0.15, 0.2) is 5.78 Å². The molecule has 2 saturated heterocycles. The lowest BCUT2D eigenvalue weighted by molar-refractivity contribution is -0.170. The molecule has 0 saturated carbocycles. The van der Waals surface area contributed by atoms with Crippen molar-refractivity contribution < 1.29 is 14.3 Å². The first-order valence-electron chi connectivity index (χ1n) is 5.24. The van der Waals surface area contributed by atoms with E-state index in [4.69, 9.17) is 9.47 Å². The molecule has 0 N–H and O–H groups in total. The van der Waals surface area contributed by atoms with Crippen molar-refractivity contribution in [1.29, 1.82) is 0 Å². The lowest BCUT2D eigenvalue weighted by Crippen LogP contribution is -2.45. The summed E-state index contributed by atoms with van der Waals surface area (Å²) in [4.78, 5) is 11.4. The molecule has 0 aliphatic carbocycles. The van der Waals surface area contributed by atoms with E-state index in [9.17, 15) is 4.79 Å². The van der Waals surface area contributed by atoms with E-state index >= 15 is 0 Å². The van der Waals surface area contributed by atoms with Gasteiger partial charge in [-0.2, -0.15) is 0 Å². The summed E-state index contributed by atoms with van der Waals surface area (Å²) in [7, 11) is 0.